The van der Waals surface area contributed by atoms with E-state index < -0.39 is 0 Å². The summed E-state index contributed by atoms with van der Waals surface area (Å²) in [6.07, 6.45) is 6.33. The summed E-state index contributed by atoms with van der Waals surface area (Å²) in [5.41, 5.74) is 1.24. The zero-order chi connectivity index (χ0) is 18.3. The first-order valence-electron chi connectivity index (χ1n) is 10.1. The summed E-state index contributed by atoms with van der Waals surface area (Å²) >= 11 is 0. The number of nitrogens with two attached hydrogens (primary N) is 1. The van der Waals surface area contributed by atoms with Gasteiger partial charge in [-0.3, -0.25) is 0 Å². The lowest BCUT2D eigenvalue weighted by Crippen LogP contribution is -2.82. The van der Waals surface area contributed by atoms with Gasteiger partial charge >= 0.3 is 0 Å². The summed E-state index contributed by atoms with van der Waals surface area (Å²) in [6, 6.07) is 6.89. The number of halogens is 1. The van der Waals surface area contributed by atoms with E-state index in [1.165, 1.54) is 37.7 Å². The topological polar surface area (TPSA) is 25.8 Å². The molecular weight excluding hydrogens is 313 g/mol. The molecule has 1 fully saturated rings. The Bertz CT molecular complexity index is 497. The Morgan fingerprint density at radius 1 is 1.16 bits per heavy atom. The van der Waals surface area contributed by atoms with E-state index in [2.05, 4.69) is 33.0 Å². The van der Waals surface area contributed by atoms with E-state index in [1.54, 1.807) is 12.1 Å². The standard InChI is InChI=1S/C22H36FNO/c1-17(2)5-8-19(20-12-14-25-22(3,4)15-20)11-13-24-16-18-6-9-21(23)10-7-18/h6-7,9-10,17,19-20,24H,5,8,11-16H2,1-4H3/p+1/t19-,20-/m0/s1. The molecular formula is C22H37FNO+. The van der Waals surface area contributed by atoms with E-state index in [1.807, 2.05) is 12.1 Å². The van der Waals surface area contributed by atoms with Gasteiger partial charge in [0.15, 0.2) is 0 Å². The maximum atomic E-state index is 13.0. The lowest BCUT2D eigenvalue weighted by atomic mass is 9.75. The minimum absolute atomic E-state index is 0.0385. The summed E-state index contributed by atoms with van der Waals surface area (Å²) in [4.78, 5) is 0. The van der Waals surface area contributed by atoms with Crippen LogP contribution >= 0.6 is 0 Å². The van der Waals surface area contributed by atoms with E-state index in [0.717, 1.165) is 37.5 Å². The summed E-state index contributed by atoms with van der Waals surface area (Å²) in [7, 11) is 0. The van der Waals surface area contributed by atoms with E-state index in [-0.39, 0.29) is 11.4 Å². The van der Waals surface area contributed by atoms with Crippen molar-refractivity contribution in [2.24, 2.45) is 17.8 Å². The fraction of sp³-hybridized carbons (Fsp3) is 0.727. The molecule has 0 radical (unpaired) electrons. The molecule has 142 valence electrons. The van der Waals surface area contributed by atoms with E-state index in [4.69, 9.17) is 4.74 Å². The van der Waals surface area contributed by atoms with Crippen LogP contribution in [0.1, 0.15) is 65.4 Å². The van der Waals surface area contributed by atoms with Crippen LogP contribution in [0.3, 0.4) is 0 Å². The van der Waals surface area contributed by atoms with Gasteiger partial charge in [-0.25, -0.2) is 4.39 Å². The first-order valence-corrected chi connectivity index (χ1v) is 10.1. The molecule has 2 atom stereocenters. The molecule has 0 bridgehead atoms. The van der Waals surface area contributed by atoms with Crippen LogP contribution in [0.4, 0.5) is 4.39 Å². The minimum Gasteiger partial charge on any atom is -0.376 e. The van der Waals surface area contributed by atoms with Gasteiger partial charge in [0.05, 0.1) is 12.1 Å². The van der Waals surface area contributed by atoms with E-state index in [9.17, 15) is 4.39 Å². The van der Waals surface area contributed by atoms with Crippen molar-refractivity contribution in [2.75, 3.05) is 13.2 Å². The van der Waals surface area contributed by atoms with E-state index >= 15 is 0 Å². The van der Waals surface area contributed by atoms with Gasteiger partial charge in [0.25, 0.3) is 0 Å². The van der Waals surface area contributed by atoms with Crippen LogP contribution in [-0.4, -0.2) is 18.8 Å². The fourth-order valence-electron chi connectivity index (χ4n) is 4.07. The van der Waals surface area contributed by atoms with Gasteiger partial charge in [0.2, 0.25) is 0 Å². The van der Waals surface area contributed by atoms with E-state index in [0.29, 0.717) is 0 Å². The van der Waals surface area contributed by atoms with Crippen molar-refractivity contribution >= 4 is 0 Å². The minimum atomic E-state index is -0.153. The van der Waals surface area contributed by atoms with Crippen molar-refractivity contribution in [1.29, 1.82) is 0 Å². The predicted octanol–water partition coefficient (Wildman–Crippen LogP) is 4.54. The molecule has 1 aromatic carbocycles. The summed E-state index contributed by atoms with van der Waals surface area (Å²) in [5, 5.41) is 2.38. The Labute approximate surface area is 153 Å². The van der Waals surface area contributed by atoms with Gasteiger partial charge < -0.3 is 10.1 Å². The van der Waals surface area contributed by atoms with Crippen LogP contribution in [0.25, 0.3) is 0 Å². The third-order valence-electron chi connectivity index (χ3n) is 5.55. The number of rotatable bonds is 9. The largest absolute Gasteiger partial charge is 0.376 e. The normalized spacial score (nSPS) is 21.4. The van der Waals surface area contributed by atoms with Gasteiger partial charge in [0.1, 0.15) is 12.4 Å². The van der Waals surface area contributed by atoms with Crippen LogP contribution in [0.5, 0.6) is 0 Å². The second-order valence-electron chi connectivity index (χ2n) is 8.79. The number of hydrogen-bond donors (Lipinski definition) is 1. The fourth-order valence-corrected chi connectivity index (χ4v) is 4.07. The first kappa shape index (κ1) is 20.4. The highest BCUT2D eigenvalue weighted by Crippen LogP contribution is 2.37. The Balaban J connectivity index is 1.81. The molecule has 3 heteroatoms. The maximum absolute atomic E-state index is 13.0. The molecule has 1 heterocycles. The molecule has 0 aliphatic carbocycles. The molecule has 0 amide bonds. The molecule has 0 aromatic heterocycles. The number of ether oxygens (including phenoxy) is 1. The predicted molar refractivity (Wildman–Crippen MR) is 102 cm³/mol. The smallest absolute Gasteiger partial charge is 0.123 e. The van der Waals surface area contributed by atoms with Crippen LogP contribution in [0.15, 0.2) is 24.3 Å². The zero-order valence-corrected chi connectivity index (χ0v) is 16.6. The summed E-state index contributed by atoms with van der Waals surface area (Å²) < 4.78 is 18.9. The molecule has 0 spiro atoms. The summed E-state index contributed by atoms with van der Waals surface area (Å²) in [6.45, 7) is 12.1. The molecule has 2 rings (SSSR count). The van der Waals surface area contributed by atoms with Crippen LogP contribution in [0, 0.1) is 23.6 Å². The molecule has 1 aliphatic heterocycles. The zero-order valence-electron chi connectivity index (χ0n) is 16.6. The second kappa shape index (κ2) is 9.68. The third-order valence-corrected chi connectivity index (χ3v) is 5.55. The molecule has 0 saturated carbocycles. The van der Waals surface area contributed by atoms with Gasteiger partial charge in [0, 0.05) is 12.2 Å². The van der Waals surface area contributed by atoms with Crippen LogP contribution in [-0.2, 0) is 11.3 Å². The second-order valence-corrected chi connectivity index (χ2v) is 8.79. The molecule has 0 unspecified atom stereocenters. The van der Waals surface area contributed by atoms with Crippen molar-refractivity contribution in [3.8, 4) is 0 Å². The van der Waals surface area contributed by atoms with Crippen LogP contribution < -0.4 is 5.32 Å². The highest BCUT2D eigenvalue weighted by Gasteiger charge is 2.33. The molecule has 2 nitrogen and oxygen atoms in total. The highest BCUT2D eigenvalue weighted by molar-refractivity contribution is 5.14. The van der Waals surface area contributed by atoms with Crippen molar-refractivity contribution in [1.82, 2.24) is 0 Å². The molecule has 1 aromatic rings. The van der Waals surface area contributed by atoms with Crippen molar-refractivity contribution in [3.63, 3.8) is 0 Å². The van der Waals surface area contributed by atoms with Crippen molar-refractivity contribution < 1.29 is 14.4 Å². The quantitative estimate of drug-likeness (QED) is 0.650. The first-order chi connectivity index (χ1) is 11.9. The molecule has 25 heavy (non-hydrogen) atoms. The lowest BCUT2D eigenvalue weighted by Gasteiger charge is -2.39. The average molecular weight is 351 g/mol. The van der Waals surface area contributed by atoms with Gasteiger partial charge in [-0.1, -0.05) is 32.4 Å². The summed E-state index contributed by atoms with van der Waals surface area (Å²) in [5.74, 6) is 2.22. The van der Waals surface area contributed by atoms with Crippen molar-refractivity contribution in [2.45, 2.75) is 71.9 Å². The molecule has 1 saturated heterocycles. The van der Waals surface area contributed by atoms with Crippen LogP contribution in [0.2, 0.25) is 0 Å². The van der Waals surface area contributed by atoms with Gasteiger partial charge in [-0.05, 0) is 69.4 Å². The maximum Gasteiger partial charge on any atom is 0.123 e. The lowest BCUT2D eigenvalue weighted by molar-refractivity contribution is -0.671. The Hall–Kier alpha value is -0.930. The average Bonchev–Trinajstić information content (AvgIpc) is 2.54. The number of quaternary nitrogens is 1. The molecule has 1 aliphatic rings. The van der Waals surface area contributed by atoms with Crippen molar-refractivity contribution in [3.05, 3.63) is 35.6 Å². The Morgan fingerprint density at radius 2 is 1.88 bits per heavy atom. The highest BCUT2D eigenvalue weighted by atomic mass is 19.1. The SMILES string of the molecule is CC(C)CC[C@@H](CC[NH2+]Cc1ccc(F)cc1)[C@H]1CCOC(C)(C)C1. The third kappa shape index (κ3) is 7.45. The molecule has 2 N–H and O–H groups in total. The Morgan fingerprint density at radius 3 is 2.52 bits per heavy atom. The van der Waals surface area contributed by atoms with Gasteiger partial charge in [-0.2, -0.15) is 0 Å². The number of benzene rings is 1. The number of hydrogen-bond acceptors (Lipinski definition) is 1. The van der Waals surface area contributed by atoms with Gasteiger partial charge in [-0.15, -0.1) is 0 Å². The monoisotopic (exact) mass is 350 g/mol. The Kier molecular flexibility index (Phi) is 7.89.